The molecule has 0 N–H and O–H groups in total. The van der Waals surface area contributed by atoms with E-state index in [4.69, 9.17) is 0 Å². The Morgan fingerprint density at radius 2 is 1.42 bits per heavy atom. The molecule has 1 aromatic carbocycles. The van der Waals surface area contributed by atoms with Gasteiger partial charge in [0.05, 0.1) is 20.9 Å². The van der Waals surface area contributed by atoms with Crippen molar-refractivity contribution in [2.45, 2.75) is 76.1 Å². The fourth-order valence-corrected chi connectivity index (χ4v) is 6.59. The number of hydrogen-bond donors (Lipinski definition) is 0. The highest BCUT2D eigenvalue weighted by Gasteiger charge is 2.45. The number of benzene rings is 1. The Kier molecular flexibility index (Phi) is 6.53. The maximum atomic E-state index is 13.3. The van der Waals surface area contributed by atoms with Gasteiger partial charge in [0.2, 0.25) is 0 Å². The van der Waals surface area contributed by atoms with Crippen molar-refractivity contribution in [3.05, 3.63) is 53.3 Å². The molecule has 2 aliphatic heterocycles. The van der Waals surface area contributed by atoms with Crippen LogP contribution in [-0.4, -0.2) is 65.9 Å². The Hall–Kier alpha value is -2.45. The van der Waals surface area contributed by atoms with Crippen LogP contribution in [-0.2, 0) is 21.9 Å². The highest BCUT2D eigenvalue weighted by atomic mass is 32.2. The summed E-state index contributed by atoms with van der Waals surface area (Å²) in [4.78, 5) is 30.8. The summed E-state index contributed by atoms with van der Waals surface area (Å²) in [6.45, 7) is 13.7. The summed E-state index contributed by atoms with van der Waals surface area (Å²) in [5.74, 6) is 0.0694. The van der Waals surface area contributed by atoms with Crippen LogP contribution in [0.3, 0.4) is 0 Å². The summed E-state index contributed by atoms with van der Waals surface area (Å²) in [6, 6.07) is 10.4. The number of ketones is 1. The Morgan fingerprint density at radius 3 is 1.94 bits per heavy atom. The SMILES string of the molecule is CN1CCn2c(C(=O)C(C)(C)C)ccc2C12CCN(C(=O)c1ccc(S(=O)(=O)C(C)(C)C)cc1)CC2. The zero-order chi connectivity index (χ0) is 26.7. The van der Waals surface area contributed by atoms with E-state index in [1.165, 1.54) is 12.1 Å². The second-order valence-electron chi connectivity index (χ2n) is 12.2. The number of Topliss-reactive ketones (excluding diaryl/α,β-unsaturated/α-hetero) is 1. The van der Waals surface area contributed by atoms with Gasteiger partial charge in [0, 0.05) is 42.9 Å². The molecule has 4 rings (SSSR count). The minimum atomic E-state index is -3.47. The third-order valence-corrected chi connectivity index (χ3v) is 10.4. The Bertz CT molecular complexity index is 1270. The molecule has 8 heteroatoms. The predicted molar refractivity (Wildman–Crippen MR) is 141 cm³/mol. The molecule has 36 heavy (non-hydrogen) atoms. The van der Waals surface area contributed by atoms with E-state index in [2.05, 4.69) is 22.6 Å². The number of likely N-dealkylation sites (N-methyl/N-ethyl adjacent to an activating group) is 1. The summed E-state index contributed by atoms with van der Waals surface area (Å²) >= 11 is 0. The molecule has 0 unspecified atom stereocenters. The third kappa shape index (κ3) is 4.32. The number of fused-ring (bicyclic) bond motifs is 2. The third-order valence-electron chi connectivity index (χ3n) is 7.86. The lowest BCUT2D eigenvalue weighted by Crippen LogP contribution is -2.56. The molecule has 1 spiro atoms. The topological polar surface area (TPSA) is 79.7 Å². The van der Waals surface area contributed by atoms with Crippen LogP contribution >= 0.6 is 0 Å². The standard InChI is InChI=1S/C28H39N3O4S/c1-26(2,3)24(32)22-12-13-23-28(29(7)18-19-31(22)23)14-16-30(17-15-28)25(33)20-8-10-21(11-9-20)36(34,35)27(4,5)6/h8-13H,14-19H2,1-7H3. The highest BCUT2D eigenvalue weighted by Crippen LogP contribution is 2.42. The fourth-order valence-electron chi connectivity index (χ4n) is 5.39. The van der Waals surface area contributed by atoms with E-state index < -0.39 is 20.0 Å². The van der Waals surface area contributed by atoms with Crippen LogP contribution in [0.1, 0.15) is 80.9 Å². The van der Waals surface area contributed by atoms with Gasteiger partial charge >= 0.3 is 0 Å². The first-order valence-electron chi connectivity index (χ1n) is 12.7. The van der Waals surface area contributed by atoms with Gasteiger partial charge in [-0.2, -0.15) is 0 Å². The van der Waals surface area contributed by atoms with Crippen LogP contribution in [0.25, 0.3) is 0 Å². The van der Waals surface area contributed by atoms with Crippen molar-refractivity contribution in [2.24, 2.45) is 5.41 Å². The van der Waals surface area contributed by atoms with Gasteiger partial charge in [0.25, 0.3) is 5.91 Å². The molecule has 2 aliphatic rings. The smallest absolute Gasteiger partial charge is 0.253 e. The van der Waals surface area contributed by atoms with E-state index in [9.17, 15) is 18.0 Å². The van der Waals surface area contributed by atoms with E-state index in [-0.39, 0.29) is 22.1 Å². The van der Waals surface area contributed by atoms with Gasteiger partial charge in [-0.1, -0.05) is 20.8 Å². The number of carbonyl (C=O) groups is 2. The molecule has 1 saturated heterocycles. The van der Waals surface area contributed by atoms with Crippen LogP contribution < -0.4 is 0 Å². The van der Waals surface area contributed by atoms with Gasteiger partial charge < -0.3 is 9.47 Å². The highest BCUT2D eigenvalue weighted by molar-refractivity contribution is 7.92. The molecule has 0 atom stereocenters. The molecule has 2 aromatic rings. The first-order chi connectivity index (χ1) is 16.6. The van der Waals surface area contributed by atoms with Crippen molar-refractivity contribution in [3.8, 4) is 0 Å². The Morgan fingerprint density at radius 1 is 0.833 bits per heavy atom. The fraction of sp³-hybridized carbons (Fsp3) is 0.571. The first kappa shape index (κ1) is 26.6. The molecule has 0 aliphatic carbocycles. The summed E-state index contributed by atoms with van der Waals surface area (Å²) in [5.41, 5.74) is 1.78. The summed E-state index contributed by atoms with van der Waals surface area (Å²) < 4.78 is 26.7. The zero-order valence-corrected chi connectivity index (χ0v) is 23.4. The predicted octanol–water partition coefficient (Wildman–Crippen LogP) is 4.37. The minimum absolute atomic E-state index is 0.0815. The first-order valence-corrected chi connectivity index (χ1v) is 14.2. The number of likely N-dealkylation sites (tertiary alicyclic amines) is 1. The van der Waals surface area contributed by atoms with E-state index in [0.717, 1.165) is 37.3 Å². The molecule has 1 aromatic heterocycles. The number of carbonyl (C=O) groups excluding carboxylic acids is 2. The van der Waals surface area contributed by atoms with Crippen molar-refractivity contribution < 1.29 is 18.0 Å². The largest absolute Gasteiger partial charge is 0.339 e. The lowest BCUT2D eigenvalue weighted by atomic mass is 9.81. The van der Waals surface area contributed by atoms with E-state index in [1.807, 2.05) is 31.7 Å². The number of nitrogens with zero attached hydrogens (tertiary/aromatic N) is 3. The number of sulfone groups is 1. The molecule has 196 valence electrons. The molecule has 3 heterocycles. The number of rotatable bonds is 3. The lowest BCUT2D eigenvalue weighted by Gasteiger charge is -2.50. The van der Waals surface area contributed by atoms with Crippen LogP contribution in [0.15, 0.2) is 41.3 Å². The summed E-state index contributed by atoms with van der Waals surface area (Å²) in [5, 5.41) is 0. The number of amides is 1. The van der Waals surface area contributed by atoms with Gasteiger partial charge in [-0.25, -0.2) is 8.42 Å². The normalized spacial score (nSPS) is 18.8. The van der Waals surface area contributed by atoms with E-state index >= 15 is 0 Å². The van der Waals surface area contributed by atoms with Gasteiger partial charge in [-0.05, 0) is 77.1 Å². The average molecular weight is 514 g/mol. The molecular weight excluding hydrogens is 474 g/mol. The summed E-state index contributed by atoms with van der Waals surface area (Å²) in [7, 11) is -1.33. The second kappa shape index (κ2) is 8.84. The van der Waals surface area contributed by atoms with E-state index in [0.29, 0.717) is 18.7 Å². The van der Waals surface area contributed by atoms with Crippen molar-refractivity contribution in [1.82, 2.24) is 14.4 Å². The van der Waals surface area contributed by atoms with E-state index in [1.54, 1.807) is 32.9 Å². The molecule has 0 radical (unpaired) electrons. The van der Waals surface area contributed by atoms with Gasteiger partial charge in [-0.3, -0.25) is 14.5 Å². The van der Waals surface area contributed by atoms with Crippen LogP contribution in [0, 0.1) is 5.41 Å². The second-order valence-corrected chi connectivity index (χ2v) is 14.9. The monoisotopic (exact) mass is 513 g/mol. The molecule has 7 nitrogen and oxygen atoms in total. The molecule has 0 saturated carbocycles. The molecule has 1 fully saturated rings. The molecule has 1 amide bonds. The van der Waals surface area contributed by atoms with Crippen LogP contribution in [0.2, 0.25) is 0 Å². The average Bonchev–Trinajstić information content (AvgIpc) is 3.25. The Labute approximate surface area is 215 Å². The minimum Gasteiger partial charge on any atom is -0.339 e. The number of hydrogen-bond acceptors (Lipinski definition) is 5. The van der Waals surface area contributed by atoms with Crippen LogP contribution in [0.5, 0.6) is 0 Å². The summed E-state index contributed by atoms with van der Waals surface area (Å²) in [6.07, 6.45) is 1.55. The quantitative estimate of drug-likeness (QED) is 0.570. The number of piperidine rings is 1. The van der Waals surface area contributed by atoms with Gasteiger partial charge in [-0.15, -0.1) is 0 Å². The molecule has 0 bridgehead atoms. The lowest BCUT2D eigenvalue weighted by molar-refractivity contribution is 0.0126. The van der Waals surface area contributed by atoms with Gasteiger partial charge in [0.15, 0.2) is 15.6 Å². The Balaban J connectivity index is 1.53. The molecular formula is C28H39N3O4S. The van der Waals surface area contributed by atoms with Crippen molar-refractivity contribution >= 4 is 21.5 Å². The maximum absolute atomic E-state index is 13.3. The number of aromatic nitrogens is 1. The zero-order valence-electron chi connectivity index (χ0n) is 22.6. The van der Waals surface area contributed by atoms with Gasteiger partial charge in [0.1, 0.15) is 0 Å². The van der Waals surface area contributed by atoms with Crippen molar-refractivity contribution in [1.29, 1.82) is 0 Å². The van der Waals surface area contributed by atoms with Crippen molar-refractivity contribution in [2.75, 3.05) is 26.7 Å². The maximum Gasteiger partial charge on any atom is 0.253 e. The van der Waals surface area contributed by atoms with Crippen molar-refractivity contribution in [3.63, 3.8) is 0 Å². The van der Waals surface area contributed by atoms with Crippen LogP contribution in [0.4, 0.5) is 0 Å².